The molecular formula is C24H38O6. The predicted octanol–water partition coefficient (Wildman–Crippen LogP) is 4.33. The summed E-state index contributed by atoms with van der Waals surface area (Å²) in [6.45, 7) is 1.46. The number of hydrogen-bond donors (Lipinski definition) is 1. The summed E-state index contributed by atoms with van der Waals surface area (Å²) < 4.78 is 12.5. The lowest BCUT2D eigenvalue weighted by Gasteiger charge is -2.36. The highest BCUT2D eigenvalue weighted by Gasteiger charge is 2.36. The lowest BCUT2D eigenvalue weighted by molar-refractivity contribution is -0.151. The molecule has 3 fully saturated rings. The Morgan fingerprint density at radius 1 is 0.700 bits per heavy atom. The van der Waals surface area contributed by atoms with Crippen LogP contribution in [-0.4, -0.2) is 48.1 Å². The highest BCUT2D eigenvalue weighted by molar-refractivity contribution is 6.36. The van der Waals surface area contributed by atoms with Gasteiger partial charge in [-0.3, -0.25) is 9.59 Å². The van der Waals surface area contributed by atoms with Crippen molar-refractivity contribution in [2.75, 3.05) is 13.2 Å². The van der Waals surface area contributed by atoms with Crippen molar-refractivity contribution < 1.29 is 29.0 Å². The molecule has 0 aliphatic heterocycles. The molecule has 0 bridgehead atoms. The SMILES string of the molecule is O=C(O)C(=O)CC(=O)C1CC(OCC2CCCCC2)CC(OCC2CCCCC2)C1. The quantitative estimate of drug-likeness (QED) is 0.416. The first-order valence-electron chi connectivity index (χ1n) is 12.0. The average Bonchev–Trinajstić information content (AvgIpc) is 2.77. The lowest BCUT2D eigenvalue weighted by atomic mass is 9.81. The van der Waals surface area contributed by atoms with Crippen LogP contribution in [0.1, 0.15) is 89.9 Å². The van der Waals surface area contributed by atoms with E-state index in [0.717, 1.165) is 19.6 Å². The molecule has 6 heteroatoms. The molecule has 3 saturated carbocycles. The van der Waals surface area contributed by atoms with E-state index in [0.29, 0.717) is 24.7 Å². The monoisotopic (exact) mass is 422 g/mol. The van der Waals surface area contributed by atoms with Crippen LogP contribution in [0.5, 0.6) is 0 Å². The molecule has 3 aliphatic rings. The molecule has 2 atom stereocenters. The Labute approximate surface area is 180 Å². The summed E-state index contributed by atoms with van der Waals surface area (Å²) in [6, 6.07) is 0. The second-order valence-electron chi connectivity index (χ2n) is 9.69. The Kier molecular flexibility index (Phi) is 9.31. The van der Waals surface area contributed by atoms with Crippen molar-refractivity contribution in [2.45, 2.75) is 102 Å². The van der Waals surface area contributed by atoms with Crippen molar-refractivity contribution in [3.63, 3.8) is 0 Å². The Morgan fingerprint density at radius 3 is 1.60 bits per heavy atom. The normalized spacial score (nSPS) is 28.9. The number of carbonyl (C=O) groups excluding carboxylic acids is 2. The number of hydrogen-bond acceptors (Lipinski definition) is 5. The molecular weight excluding hydrogens is 384 g/mol. The van der Waals surface area contributed by atoms with Crippen LogP contribution in [0.3, 0.4) is 0 Å². The van der Waals surface area contributed by atoms with E-state index < -0.39 is 18.2 Å². The molecule has 30 heavy (non-hydrogen) atoms. The van der Waals surface area contributed by atoms with Gasteiger partial charge in [0.1, 0.15) is 5.78 Å². The number of aliphatic carboxylic acids is 1. The van der Waals surface area contributed by atoms with Crippen LogP contribution in [-0.2, 0) is 23.9 Å². The third kappa shape index (κ3) is 7.45. The number of rotatable bonds is 10. The fourth-order valence-electron chi connectivity index (χ4n) is 5.38. The predicted molar refractivity (Wildman–Crippen MR) is 112 cm³/mol. The van der Waals surface area contributed by atoms with E-state index in [9.17, 15) is 14.4 Å². The van der Waals surface area contributed by atoms with Crippen LogP contribution >= 0.6 is 0 Å². The molecule has 0 aromatic carbocycles. The zero-order chi connectivity index (χ0) is 21.3. The van der Waals surface area contributed by atoms with Crippen LogP contribution in [0.4, 0.5) is 0 Å². The van der Waals surface area contributed by atoms with Crippen molar-refractivity contribution in [1.82, 2.24) is 0 Å². The van der Waals surface area contributed by atoms with Crippen LogP contribution in [0.25, 0.3) is 0 Å². The number of carboxylic acids is 1. The molecule has 2 unspecified atom stereocenters. The van der Waals surface area contributed by atoms with Gasteiger partial charge >= 0.3 is 5.97 Å². The first-order chi connectivity index (χ1) is 14.5. The van der Waals surface area contributed by atoms with Gasteiger partial charge in [-0.05, 0) is 56.8 Å². The van der Waals surface area contributed by atoms with Gasteiger partial charge in [0.25, 0.3) is 0 Å². The number of ether oxygens (including phenoxy) is 2. The van der Waals surface area contributed by atoms with E-state index in [1.807, 2.05) is 0 Å². The zero-order valence-corrected chi connectivity index (χ0v) is 18.2. The molecule has 6 nitrogen and oxygen atoms in total. The van der Waals surface area contributed by atoms with Crippen molar-refractivity contribution in [2.24, 2.45) is 17.8 Å². The standard InChI is InChI=1S/C24H38O6/c25-22(14-23(26)24(27)28)19-11-20(29-15-17-7-3-1-4-8-17)13-21(12-19)30-16-18-9-5-2-6-10-18/h17-21H,1-16H2,(H,27,28). The number of Topliss-reactive ketones (excluding diaryl/α,β-unsaturated/α-hetero) is 2. The van der Waals surface area contributed by atoms with Gasteiger partial charge in [0, 0.05) is 19.1 Å². The number of carboxylic acid groups (broad SMARTS) is 1. The van der Waals surface area contributed by atoms with Gasteiger partial charge in [0.05, 0.1) is 18.6 Å². The van der Waals surface area contributed by atoms with E-state index >= 15 is 0 Å². The summed E-state index contributed by atoms with van der Waals surface area (Å²) in [5.74, 6) is -1.98. The minimum absolute atomic E-state index is 0.0501. The van der Waals surface area contributed by atoms with Gasteiger partial charge in [-0.2, -0.15) is 0 Å². The van der Waals surface area contributed by atoms with Gasteiger partial charge in [-0.15, -0.1) is 0 Å². The second-order valence-corrected chi connectivity index (χ2v) is 9.69. The van der Waals surface area contributed by atoms with Crippen LogP contribution in [0.15, 0.2) is 0 Å². The Hall–Kier alpha value is -1.27. The second kappa shape index (κ2) is 11.9. The van der Waals surface area contributed by atoms with Gasteiger partial charge in [-0.25, -0.2) is 4.79 Å². The smallest absolute Gasteiger partial charge is 0.372 e. The summed E-state index contributed by atoms with van der Waals surface area (Å²) in [7, 11) is 0. The Morgan fingerprint density at radius 2 is 1.17 bits per heavy atom. The summed E-state index contributed by atoms with van der Waals surface area (Å²) in [4.78, 5) is 35.0. The molecule has 170 valence electrons. The Bertz CT molecular complexity index is 546. The van der Waals surface area contributed by atoms with Gasteiger partial charge < -0.3 is 14.6 Å². The molecule has 3 rings (SSSR count). The van der Waals surface area contributed by atoms with Crippen LogP contribution in [0.2, 0.25) is 0 Å². The third-order valence-electron chi connectivity index (χ3n) is 7.23. The minimum Gasteiger partial charge on any atom is -0.475 e. The first kappa shape index (κ1) is 23.4. The summed E-state index contributed by atoms with van der Waals surface area (Å²) >= 11 is 0. The molecule has 3 aliphatic carbocycles. The molecule has 0 aromatic rings. The first-order valence-corrected chi connectivity index (χ1v) is 12.0. The lowest BCUT2D eigenvalue weighted by Crippen LogP contribution is -2.38. The van der Waals surface area contributed by atoms with Gasteiger partial charge in [-0.1, -0.05) is 38.5 Å². The molecule has 1 N–H and O–H groups in total. The van der Waals surface area contributed by atoms with Gasteiger partial charge in [0.2, 0.25) is 5.78 Å². The van der Waals surface area contributed by atoms with E-state index in [4.69, 9.17) is 14.6 Å². The van der Waals surface area contributed by atoms with E-state index in [2.05, 4.69) is 0 Å². The molecule has 0 radical (unpaired) electrons. The summed E-state index contributed by atoms with van der Waals surface area (Å²) in [5, 5.41) is 8.84. The average molecular weight is 423 g/mol. The largest absolute Gasteiger partial charge is 0.475 e. The van der Waals surface area contributed by atoms with Crippen molar-refractivity contribution in [1.29, 1.82) is 0 Å². The molecule has 0 heterocycles. The van der Waals surface area contributed by atoms with Crippen LogP contribution in [0, 0.1) is 17.8 Å². The molecule has 0 saturated heterocycles. The van der Waals surface area contributed by atoms with E-state index in [-0.39, 0.29) is 23.9 Å². The van der Waals surface area contributed by atoms with Crippen LogP contribution < -0.4 is 0 Å². The fraction of sp³-hybridized carbons (Fsp3) is 0.875. The summed E-state index contributed by atoms with van der Waals surface area (Å²) in [5.41, 5.74) is 0. The third-order valence-corrected chi connectivity index (χ3v) is 7.23. The number of ketones is 2. The van der Waals surface area contributed by atoms with Crippen molar-refractivity contribution in [3.8, 4) is 0 Å². The highest BCUT2D eigenvalue weighted by atomic mass is 16.5. The maximum absolute atomic E-state index is 12.6. The van der Waals surface area contributed by atoms with E-state index in [1.165, 1.54) is 64.2 Å². The van der Waals surface area contributed by atoms with Crippen molar-refractivity contribution in [3.05, 3.63) is 0 Å². The summed E-state index contributed by atoms with van der Waals surface area (Å²) in [6.07, 6.45) is 13.8. The van der Waals surface area contributed by atoms with E-state index in [1.54, 1.807) is 0 Å². The molecule has 0 amide bonds. The highest BCUT2D eigenvalue weighted by Crippen LogP contribution is 2.33. The minimum atomic E-state index is -1.53. The topological polar surface area (TPSA) is 89.9 Å². The fourth-order valence-corrected chi connectivity index (χ4v) is 5.38. The Balaban J connectivity index is 1.54. The maximum atomic E-state index is 12.6. The molecule has 0 aromatic heterocycles. The zero-order valence-electron chi connectivity index (χ0n) is 18.2. The van der Waals surface area contributed by atoms with Gasteiger partial charge in [0.15, 0.2) is 0 Å². The molecule has 0 spiro atoms. The van der Waals surface area contributed by atoms with Crippen molar-refractivity contribution >= 4 is 17.5 Å². The maximum Gasteiger partial charge on any atom is 0.372 e. The number of carbonyl (C=O) groups is 3.